The monoisotopic (exact) mass is 325 g/mol. The first-order valence-electron chi connectivity index (χ1n) is 7.76. The lowest BCUT2D eigenvalue weighted by atomic mass is 10.0. The average Bonchev–Trinajstić information content (AvgIpc) is 3.32. The zero-order chi connectivity index (χ0) is 16.8. The third-order valence-corrected chi connectivity index (χ3v) is 3.81. The lowest BCUT2D eigenvalue weighted by Crippen LogP contribution is -2.31. The first-order chi connectivity index (χ1) is 11.8. The third kappa shape index (κ3) is 3.91. The van der Waals surface area contributed by atoms with Crippen molar-refractivity contribution in [2.45, 2.75) is 6.42 Å². The number of hydrogen-bond donors (Lipinski definition) is 2. The number of aliphatic hydroxyl groups excluding tert-OH is 1. The van der Waals surface area contributed by atoms with Crippen LogP contribution in [-0.2, 0) is 6.42 Å². The van der Waals surface area contributed by atoms with Crippen LogP contribution in [0.4, 0.5) is 0 Å². The lowest BCUT2D eigenvalue weighted by molar-refractivity contribution is 0.0939. The van der Waals surface area contributed by atoms with E-state index < -0.39 is 0 Å². The second-order valence-electron chi connectivity index (χ2n) is 5.56. The average molecular weight is 325 g/mol. The molecule has 1 amide bonds. The van der Waals surface area contributed by atoms with Crippen LogP contribution in [0.1, 0.15) is 16.1 Å². The topological polar surface area (TPSA) is 80.3 Å². The molecule has 0 saturated carbocycles. The minimum absolute atomic E-state index is 0.0133. The maximum atomic E-state index is 12.2. The minimum Gasteiger partial charge on any atom is -0.469 e. The van der Waals surface area contributed by atoms with Crippen LogP contribution in [0.2, 0.25) is 0 Å². The number of benzene rings is 1. The molecule has 0 spiro atoms. The van der Waals surface area contributed by atoms with Crippen LogP contribution in [0.3, 0.4) is 0 Å². The van der Waals surface area contributed by atoms with Gasteiger partial charge in [0.2, 0.25) is 0 Å². The van der Waals surface area contributed by atoms with E-state index in [0.717, 1.165) is 11.4 Å². The summed E-state index contributed by atoms with van der Waals surface area (Å²) in [6, 6.07) is 10.9. The second-order valence-corrected chi connectivity index (χ2v) is 5.56. The highest BCUT2D eigenvalue weighted by Crippen LogP contribution is 2.11. The van der Waals surface area contributed by atoms with Gasteiger partial charge in [-0.3, -0.25) is 4.79 Å². The predicted octanol–water partition coefficient (Wildman–Crippen LogP) is 2.05. The summed E-state index contributed by atoms with van der Waals surface area (Å²) in [4.78, 5) is 16.2. The van der Waals surface area contributed by atoms with Gasteiger partial charge in [-0.05, 0) is 36.4 Å². The van der Waals surface area contributed by atoms with E-state index in [1.165, 1.54) is 0 Å². The Bertz CT molecular complexity index is 749. The number of aliphatic hydroxyl groups is 1. The number of carbonyl (C=O) groups is 1. The van der Waals surface area contributed by atoms with Crippen molar-refractivity contribution < 1.29 is 14.3 Å². The van der Waals surface area contributed by atoms with Gasteiger partial charge in [-0.25, -0.2) is 4.98 Å². The largest absolute Gasteiger partial charge is 0.469 e. The fraction of sp³-hybridized carbons (Fsp3) is 0.222. The van der Waals surface area contributed by atoms with Crippen LogP contribution in [0, 0.1) is 5.92 Å². The van der Waals surface area contributed by atoms with Gasteiger partial charge in [-0.1, -0.05) is 0 Å². The van der Waals surface area contributed by atoms with Crippen molar-refractivity contribution in [2.75, 3.05) is 13.2 Å². The molecule has 2 heterocycles. The number of amides is 1. The molecule has 0 fully saturated rings. The standard InChI is InChI=1S/C18H19N3O3/c22-12-14(10-17-2-1-9-24-17)11-20-18(23)15-3-5-16(6-4-15)21-8-7-19-13-21/h1-9,13-14,22H,10-12H2,(H,20,23)/t14-/m1/s1. The van der Waals surface area contributed by atoms with Crippen LogP contribution in [0.15, 0.2) is 65.8 Å². The molecule has 0 radical (unpaired) electrons. The van der Waals surface area contributed by atoms with Crippen LogP contribution in [0.5, 0.6) is 0 Å². The highest BCUT2D eigenvalue weighted by atomic mass is 16.3. The smallest absolute Gasteiger partial charge is 0.251 e. The summed E-state index contributed by atoms with van der Waals surface area (Å²) in [7, 11) is 0. The second kappa shape index (κ2) is 7.61. The Morgan fingerprint density at radius 3 is 2.75 bits per heavy atom. The maximum Gasteiger partial charge on any atom is 0.251 e. The number of aromatic nitrogens is 2. The molecule has 3 rings (SSSR count). The normalized spacial score (nSPS) is 12.0. The summed E-state index contributed by atoms with van der Waals surface area (Å²) >= 11 is 0. The molecule has 0 aliphatic carbocycles. The van der Waals surface area contributed by atoms with Gasteiger partial charge in [0.1, 0.15) is 5.76 Å². The van der Waals surface area contributed by atoms with Crippen LogP contribution < -0.4 is 5.32 Å². The molecule has 0 bridgehead atoms. The number of imidazole rings is 1. The van der Waals surface area contributed by atoms with Gasteiger partial charge in [0, 0.05) is 49.1 Å². The Labute approximate surface area is 139 Å². The molecular weight excluding hydrogens is 306 g/mol. The number of hydrogen-bond acceptors (Lipinski definition) is 4. The zero-order valence-electron chi connectivity index (χ0n) is 13.1. The van der Waals surface area contributed by atoms with Gasteiger partial charge in [0.25, 0.3) is 5.91 Å². The fourth-order valence-corrected chi connectivity index (χ4v) is 2.45. The quantitative estimate of drug-likeness (QED) is 0.697. The molecule has 24 heavy (non-hydrogen) atoms. The third-order valence-electron chi connectivity index (χ3n) is 3.81. The summed E-state index contributed by atoms with van der Waals surface area (Å²) < 4.78 is 7.14. The Morgan fingerprint density at radius 1 is 1.29 bits per heavy atom. The first kappa shape index (κ1) is 16.0. The van der Waals surface area contributed by atoms with Crippen molar-refractivity contribution in [3.05, 3.63) is 72.7 Å². The minimum atomic E-state index is -0.162. The molecule has 124 valence electrons. The number of nitrogens with zero attached hydrogens (tertiary/aromatic N) is 2. The van der Waals surface area contributed by atoms with Crippen LogP contribution in [0.25, 0.3) is 5.69 Å². The van der Waals surface area contributed by atoms with Crippen LogP contribution in [-0.4, -0.2) is 33.7 Å². The Hall–Kier alpha value is -2.86. The number of nitrogens with one attached hydrogen (secondary N) is 1. The van der Waals surface area contributed by atoms with E-state index in [0.29, 0.717) is 18.5 Å². The molecule has 0 unspecified atom stereocenters. The van der Waals surface area contributed by atoms with E-state index in [9.17, 15) is 9.90 Å². The van der Waals surface area contributed by atoms with E-state index in [2.05, 4.69) is 10.3 Å². The highest BCUT2D eigenvalue weighted by molar-refractivity contribution is 5.94. The fourth-order valence-electron chi connectivity index (χ4n) is 2.45. The summed E-state index contributed by atoms with van der Waals surface area (Å²) in [5.41, 5.74) is 1.52. The van der Waals surface area contributed by atoms with E-state index in [1.54, 1.807) is 30.9 Å². The van der Waals surface area contributed by atoms with Gasteiger partial charge in [-0.15, -0.1) is 0 Å². The Kier molecular flexibility index (Phi) is 5.08. The molecule has 1 atom stereocenters. The van der Waals surface area contributed by atoms with Crippen molar-refractivity contribution in [1.29, 1.82) is 0 Å². The SMILES string of the molecule is O=C(NC[C@H](CO)Cc1ccco1)c1ccc(-n2ccnc2)cc1. The van der Waals surface area contributed by atoms with Crippen molar-refractivity contribution in [2.24, 2.45) is 5.92 Å². The molecule has 2 N–H and O–H groups in total. The van der Waals surface area contributed by atoms with Gasteiger partial charge in [0.15, 0.2) is 0 Å². The zero-order valence-corrected chi connectivity index (χ0v) is 13.1. The summed E-state index contributed by atoms with van der Waals surface area (Å²) in [5.74, 6) is 0.559. The maximum absolute atomic E-state index is 12.2. The number of furan rings is 1. The molecule has 0 saturated heterocycles. The molecule has 0 aliphatic rings. The number of rotatable bonds is 7. The van der Waals surface area contributed by atoms with Crippen molar-refractivity contribution >= 4 is 5.91 Å². The molecule has 6 heteroatoms. The predicted molar refractivity (Wildman–Crippen MR) is 88.9 cm³/mol. The molecular formula is C18H19N3O3. The first-order valence-corrected chi connectivity index (χ1v) is 7.76. The molecule has 2 aromatic heterocycles. The van der Waals surface area contributed by atoms with Gasteiger partial charge in [0.05, 0.1) is 12.6 Å². The molecule has 6 nitrogen and oxygen atoms in total. The highest BCUT2D eigenvalue weighted by Gasteiger charge is 2.13. The van der Waals surface area contributed by atoms with Gasteiger partial charge in [-0.2, -0.15) is 0 Å². The van der Waals surface area contributed by atoms with Crippen LogP contribution >= 0.6 is 0 Å². The molecule has 1 aromatic carbocycles. The van der Waals surface area contributed by atoms with E-state index in [-0.39, 0.29) is 18.4 Å². The van der Waals surface area contributed by atoms with E-state index in [1.807, 2.05) is 35.0 Å². The van der Waals surface area contributed by atoms with Crippen molar-refractivity contribution in [3.63, 3.8) is 0 Å². The van der Waals surface area contributed by atoms with Crippen molar-refractivity contribution in [3.8, 4) is 5.69 Å². The van der Waals surface area contributed by atoms with E-state index >= 15 is 0 Å². The molecule has 0 aliphatic heterocycles. The summed E-state index contributed by atoms with van der Waals surface area (Å²) in [5, 5.41) is 12.3. The Balaban J connectivity index is 1.56. The van der Waals surface area contributed by atoms with Crippen molar-refractivity contribution in [1.82, 2.24) is 14.9 Å². The lowest BCUT2D eigenvalue weighted by Gasteiger charge is -2.14. The Morgan fingerprint density at radius 2 is 2.12 bits per heavy atom. The molecule has 3 aromatic rings. The van der Waals surface area contributed by atoms with Gasteiger partial charge >= 0.3 is 0 Å². The number of carbonyl (C=O) groups excluding carboxylic acids is 1. The van der Waals surface area contributed by atoms with Gasteiger partial charge < -0.3 is 19.4 Å². The summed E-state index contributed by atoms with van der Waals surface area (Å²) in [6.07, 6.45) is 7.44. The van der Waals surface area contributed by atoms with E-state index in [4.69, 9.17) is 4.42 Å². The summed E-state index contributed by atoms with van der Waals surface area (Å²) in [6.45, 7) is 0.375.